The quantitative estimate of drug-likeness (QED) is 0.255. The average molecular weight is 494 g/mol. The van der Waals surface area contributed by atoms with Crippen molar-refractivity contribution in [2.75, 3.05) is 19.5 Å². The van der Waals surface area contributed by atoms with E-state index in [-0.39, 0.29) is 0 Å². The number of aryl methyl sites for hydroxylation is 1. The normalized spacial score (nSPS) is 13.8. The number of benzene rings is 2. The van der Waals surface area contributed by atoms with Crippen LogP contribution in [0.25, 0.3) is 31.0 Å². The fourth-order valence-electron chi connectivity index (χ4n) is 4.44. The lowest BCUT2D eigenvalue weighted by Crippen LogP contribution is -1.92. The molecule has 5 nitrogen and oxygen atoms in total. The fourth-order valence-corrected chi connectivity index (χ4v) is 7.79. The Morgan fingerprint density at radius 3 is 2.48 bits per heavy atom. The van der Waals surface area contributed by atoms with Gasteiger partial charge in [-0.3, -0.25) is 0 Å². The summed E-state index contributed by atoms with van der Waals surface area (Å²) in [6, 6.07) is 12.3. The number of anilines is 2. The van der Waals surface area contributed by atoms with E-state index >= 15 is 0 Å². The van der Waals surface area contributed by atoms with Crippen LogP contribution in [0, 0.1) is 0 Å². The van der Waals surface area contributed by atoms with Gasteiger partial charge in [-0.1, -0.05) is 29.9 Å². The van der Waals surface area contributed by atoms with Crippen LogP contribution < -0.4 is 14.8 Å². The van der Waals surface area contributed by atoms with Crippen molar-refractivity contribution in [1.29, 1.82) is 0 Å². The van der Waals surface area contributed by atoms with Gasteiger partial charge in [0.1, 0.15) is 10.0 Å². The SMILES string of the molecule is COc1cc2nc(Nc3sc4c(c3-c3nc5ccccc5s3)CCCCC4)sc2cc1OC. The zero-order valence-electron chi connectivity index (χ0n) is 18.4. The molecule has 2 aromatic carbocycles. The minimum absolute atomic E-state index is 0.694. The van der Waals surface area contributed by atoms with Crippen molar-refractivity contribution in [3.8, 4) is 22.1 Å². The number of aromatic nitrogens is 2. The number of hydrogen-bond donors (Lipinski definition) is 1. The molecular weight excluding hydrogens is 470 g/mol. The Hall–Kier alpha value is -2.68. The number of nitrogens with zero attached hydrogens (tertiary/aromatic N) is 2. The molecule has 8 heteroatoms. The summed E-state index contributed by atoms with van der Waals surface area (Å²) in [5.41, 5.74) is 4.71. The van der Waals surface area contributed by atoms with E-state index in [4.69, 9.17) is 19.4 Å². The first-order valence-electron chi connectivity index (χ1n) is 11.0. The lowest BCUT2D eigenvalue weighted by molar-refractivity contribution is 0.356. The van der Waals surface area contributed by atoms with Crippen molar-refractivity contribution in [2.24, 2.45) is 0 Å². The van der Waals surface area contributed by atoms with Crippen molar-refractivity contribution >= 4 is 64.6 Å². The van der Waals surface area contributed by atoms with Gasteiger partial charge in [-0.2, -0.15) is 0 Å². The number of rotatable bonds is 5. The molecule has 5 aromatic rings. The predicted octanol–water partition coefficient (Wildman–Crippen LogP) is 7.66. The van der Waals surface area contributed by atoms with Gasteiger partial charge >= 0.3 is 0 Å². The largest absolute Gasteiger partial charge is 0.493 e. The van der Waals surface area contributed by atoms with Gasteiger partial charge < -0.3 is 14.8 Å². The molecule has 6 rings (SSSR count). The van der Waals surface area contributed by atoms with Gasteiger partial charge in [0.15, 0.2) is 16.6 Å². The maximum atomic E-state index is 5.47. The number of ether oxygens (including phenoxy) is 2. The highest BCUT2D eigenvalue weighted by molar-refractivity contribution is 7.24. The topological polar surface area (TPSA) is 56.3 Å². The summed E-state index contributed by atoms with van der Waals surface area (Å²) in [6.45, 7) is 0. The van der Waals surface area contributed by atoms with E-state index in [9.17, 15) is 0 Å². The third-order valence-electron chi connectivity index (χ3n) is 6.04. The van der Waals surface area contributed by atoms with Gasteiger partial charge in [0, 0.05) is 22.6 Å². The molecule has 0 spiro atoms. The molecule has 0 radical (unpaired) electrons. The van der Waals surface area contributed by atoms with E-state index in [0.29, 0.717) is 5.75 Å². The van der Waals surface area contributed by atoms with Crippen LogP contribution in [0.2, 0.25) is 0 Å². The third-order valence-corrected chi connectivity index (χ3v) is 9.24. The van der Waals surface area contributed by atoms with Crippen molar-refractivity contribution in [3.05, 3.63) is 46.8 Å². The molecule has 0 bridgehead atoms. The number of para-hydroxylation sites is 1. The van der Waals surface area contributed by atoms with Crippen molar-refractivity contribution in [2.45, 2.75) is 32.1 Å². The molecule has 3 heterocycles. The number of methoxy groups -OCH3 is 2. The van der Waals surface area contributed by atoms with Crippen LogP contribution in [-0.2, 0) is 12.8 Å². The highest BCUT2D eigenvalue weighted by Gasteiger charge is 2.24. The second-order valence-electron chi connectivity index (χ2n) is 8.07. The van der Waals surface area contributed by atoms with Crippen LogP contribution in [0.4, 0.5) is 10.1 Å². The first-order chi connectivity index (χ1) is 16.2. The lowest BCUT2D eigenvalue weighted by atomic mass is 10.1. The monoisotopic (exact) mass is 493 g/mol. The van der Waals surface area contributed by atoms with Gasteiger partial charge in [0.2, 0.25) is 0 Å². The molecule has 1 aliphatic rings. The Morgan fingerprint density at radius 2 is 1.64 bits per heavy atom. The molecule has 0 amide bonds. The van der Waals surface area contributed by atoms with E-state index in [2.05, 4.69) is 29.6 Å². The van der Waals surface area contributed by atoms with Crippen molar-refractivity contribution in [3.63, 3.8) is 0 Å². The summed E-state index contributed by atoms with van der Waals surface area (Å²) >= 11 is 5.28. The predicted molar refractivity (Wildman–Crippen MR) is 140 cm³/mol. The van der Waals surface area contributed by atoms with E-state index in [1.165, 1.54) is 40.0 Å². The van der Waals surface area contributed by atoms with Crippen LogP contribution in [0.1, 0.15) is 29.7 Å². The van der Waals surface area contributed by atoms with Gasteiger partial charge in [-0.05, 0) is 43.4 Å². The number of thiazole rings is 2. The molecular formula is C25H23N3O2S3. The van der Waals surface area contributed by atoms with E-state index < -0.39 is 0 Å². The summed E-state index contributed by atoms with van der Waals surface area (Å²) in [4.78, 5) is 11.4. The van der Waals surface area contributed by atoms with Crippen LogP contribution in [0.3, 0.4) is 0 Å². The molecule has 168 valence electrons. The molecule has 0 saturated heterocycles. The number of thiophene rings is 1. The molecule has 0 saturated carbocycles. The van der Waals surface area contributed by atoms with Crippen molar-refractivity contribution in [1.82, 2.24) is 9.97 Å². The van der Waals surface area contributed by atoms with Gasteiger partial charge in [-0.25, -0.2) is 9.97 Å². The number of hydrogen-bond acceptors (Lipinski definition) is 8. The van der Waals surface area contributed by atoms with Crippen molar-refractivity contribution < 1.29 is 9.47 Å². The Labute approximate surface area is 204 Å². The molecule has 0 fully saturated rings. The van der Waals surface area contributed by atoms with E-state index in [0.717, 1.165) is 49.5 Å². The second kappa shape index (κ2) is 8.59. The van der Waals surface area contributed by atoms with Crippen LogP contribution in [-0.4, -0.2) is 24.2 Å². The molecule has 1 N–H and O–H groups in total. The average Bonchev–Trinajstić information content (AvgIpc) is 3.47. The van der Waals surface area contributed by atoms with Crippen LogP contribution in [0.15, 0.2) is 36.4 Å². The molecule has 0 aliphatic heterocycles. The summed E-state index contributed by atoms with van der Waals surface area (Å²) in [6.07, 6.45) is 6.06. The van der Waals surface area contributed by atoms with Crippen LogP contribution in [0.5, 0.6) is 11.5 Å². The van der Waals surface area contributed by atoms with Gasteiger partial charge in [0.05, 0.1) is 34.7 Å². The maximum Gasteiger partial charge on any atom is 0.188 e. The Morgan fingerprint density at radius 1 is 0.818 bits per heavy atom. The molecule has 1 aliphatic carbocycles. The zero-order valence-corrected chi connectivity index (χ0v) is 20.9. The second-order valence-corrected chi connectivity index (χ2v) is 11.2. The molecule has 0 unspecified atom stereocenters. The maximum absolute atomic E-state index is 5.47. The van der Waals surface area contributed by atoms with E-state index in [1.807, 2.05) is 23.5 Å². The minimum atomic E-state index is 0.694. The standard InChI is InChI=1S/C25H23N3O2S3/c1-29-17-12-16-21(13-18(17)30-2)33-25(27-16)28-24-22(14-8-4-3-5-10-19(14)31-24)23-26-15-9-6-7-11-20(15)32-23/h6-7,9,11-13H,3-5,8,10H2,1-2H3,(H,27,28). The Balaban J connectivity index is 1.46. The summed E-state index contributed by atoms with van der Waals surface area (Å²) in [7, 11) is 3.31. The fraction of sp³-hybridized carbons (Fsp3) is 0.280. The van der Waals surface area contributed by atoms with Gasteiger partial charge in [0.25, 0.3) is 0 Å². The number of nitrogens with one attached hydrogen (secondary N) is 1. The highest BCUT2D eigenvalue weighted by Crippen LogP contribution is 2.47. The molecule has 0 atom stereocenters. The highest BCUT2D eigenvalue weighted by atomic mass is 32.1. The first-order valence-corrected chi connectivity index (χ1v) is 13.5. The molecule has 33 heavy (non-hydrogen) atoms. The summed E-state index contributed by atoms with van der Waals surface area (Å²) in [5, 5.41) is 6.79. The third kappa shape index (κ3) is 3.76. The zero-order chi connectivity index (χ0) is 22.4. The summed E-state index contributed by atoms with van der Waals surface area (Å²) in [5.74, 6) is 1.41. The first kappa shape index (κ1) is 20.9. The molecule has 3 aromatic heterocycles. The van der Waals surface area contributed by atoms with Crippen LogP contribution >= 0.6 is 34.0 Å². The minimum Gasteiger partial charge on any atom is -0.493 e. The Kier molecular flexibility index (Phi) is 5.44. The van der Waals surface area contributed by atoms with E-state index in [1.54, 1.807) is 36.9 Å². The lowest BCUT2D eigenvalue weighted by Gasteiger charge is -2.05. The Bertz CT molecular complexity index is 1390. The summed E-state index contributed by atoms with van der Waals surface area (Å²) < 4.78 is 13.2. The smallest absolute Gasteiger partial charge is 0.188 e. The van der Waals surface area contributed by atoms with Gasteiger partial charge in [-0.15, -0.1) is 22.7 Å². The number of fused-ring (bicyclic) bond motifs is 3.